The number of halogens is 1. The first-order valence-corrected chi connectivity index (χ1v) is 9.66. The highest BCUT2D eigenvalue weighted by molar-refractivity contribution is 14.1. The molecule has 0 atom stereocenters. The third-order valence-electron chi connectivity index (χ3n) is 4.04. The van der Waals surface area contributed by atoms with E-state index in [1.165, 1.54) is 13.3 Å². The number of aromatic hydroxyl groups is 1. The third kappa shape index (κ3) is 4.36. The maximum atomic E-state index is 12.6. The van der Waals surface area contributed by atoms with Gasteiger partial charge in [-0.25, -0.2) is 5.43 Å². The molecule has 0 heterocycles. The van der Waals surface area contributed by atoms with Gasteiger partial charge in [-0.05, 0) is 70.1 Å². The highest BCUT2D eigenvalue weighted by Gasteiger charge is 2.13. The molecule has 0 unspecified atom stereocenters. The van der Waals surface area contributed by atoms with Gasteiger partial charge in [-0.2, -0.15) is 5.10 Å². The molecule has 0 aliphatic heterocycles. The molecule has 0 saturated heterocycles. The Kier molecular flexibility index (Phi) is 6.35. The van der Waals surface area contributed by atoms with Gasteiger partial charge in [0.15, 0.2) is 11.5 Å². The van der Waals surface area contributed by atoms with E-state index in [9.17, 15) is 9.90 Å². The van der Waals surface area contributed by atoms with Crippen LogP contribution in [0.25, 0.3) is 10.8 Å². The third-order valence-corrected chi connectivity index (χ3v) is 4.87. The number of hydrogen-bond donors (Lipinski definition) is 2. The second-order valence-electron chi connectivity index (χ2n) is 5.88. The highest BCUT2D eigenvalue weighted by atomic mass is 127. The number of nitrogens with one attached hydrogen (secondary N) is 1. The SMILES string of the molecule is CCOc1cc(/C=N\NC(=O)c2cc3ccccc3cc2OC)cc(I)c1O. The second-order valence-corrected chi connectivity index (χ2v) is 7.04. The number of hydrogen-bond acceptors (Lipinski definition) is 5. The molecule has 0 bridgehead atoms. The number of phenols is 1. The maximum Gasteiger partial charge on any atom is 0.275 e. The molecule has 3 aromatic carbocycles. The fourth-order valence-corrected chi connectivity index (χ4v) is 3.35. The van der Waals surface area contributed by atoms with Crippen LogP contribution in [0.15, 0.2) is 53.6 Å². The number of fused-ring (bicyclic) bond motifs is 1. The van der Waals surface area contributed by atoms with Crippen LogP contribution in [0, 0.1) is 3.57 Å². The lowest BCUT2D eigenvalue weighted by Crippen LogP contribution is -2.18. The molecule has 144 valence electrons. The molecule has 0 aliphatic carbocycles. The molecule has 0 aliphatic rings. The molecule has 1 amide bonds. The summed E-state index contributed by atoms with van der Waals surface area (Å²) in [5.41, 5.74) is 3.61. The van der Waals surface area contributed by atoms with Crippen LogP contribution >= 0.6 is 22.6 Å². The van der Waals surface area contributed by atoms with Crippen molar-refractivity contribution in [2.45, 2.75) is 6.92 Å². The summed E-state index contributed by atoms with van der Waals surface area (Å²) in [5, 5.41) is 15.9. The number of carbonyl (C=O) groups is 1. The fourth-order valence-electron chi connectivity index (χ4n) is 2.73. The van der Waals surface area contributed by atoms with Gasteiger partial charge >= 0.3 is 0 Å². The summed E-state index contributed by atoms with van der Waals surface area (Å²) in [7, 11) is 1.53. The van der Waals surface area contributed by atoms with E-state index in [-0.39, 0.29) is 11.7 Å². The smallest absolute Gasteiger partial charge is 0.275 e. The number of methoxy groups -OCH3 is 1. The topological polar surface area (TPSA) is 80.2 Å². The Bertz CT molecular complexity index is 1050. The Balaban J connectivity index is 1.81. The molecular weight excluding hydrogens is 471 g/mol. The van der Waals surface area contributed by atoms with Gasteiger partial charge in [-0.1, -0.05) is 24.3 Å². The number of rotatable bonds is 6. The van der Waals surface area contributed by atoms with E-state index in [1.807, 2.05) is 59.8 Å². The molecule has 0 radical (unpaired) electrons. The lowest BCUT2D eigenvalue weighted by atomic mass is 10.1. The molecule has 3 aromatic rings. The van der Waals surface area contributed by atoms with Crippen LogP contribution in [0.4, 0.5) is 0 Å². The predicted molar refractivity (Wildman–Crippen MR) is 118 cm³/mol. The summed E-state index contributed by atoms with van der Waals surface area (Å²) in [6, 6.07) is 14.7. The average Bonchev–Trinajstić information content (AvgIpc) is 2.70. The molecule has 0 fully saturated rings. The standard InChI is InChI=1S/C21H19IN2O4/c1-3-28-19-9-13(8-17(22)20(19)25)12-23-24-21(26)16-10-14-6-4-5-7-15(14)11-18(16)27-2/h4-12,25H,3H2,1-2H3,(H,24,26)/b23-12-. The highest BCUT2D eigenvalue weighted by Crippen LogP contribution is 2.32. The number of phenolic OH excluding ortho intramolecular Hbond substituents is 1. The van der Waals surface area contributed by atoms with Gasteiger partial charge in [0, 0.05) is 0 Å². The van der Waals surface area contributed by atoms with Gasteiger partial charge in [0.2, 0.25) is 0 Å². The van der Waals surface area contributed by atoms with Crippen molar-refractivity contribution < 1.29 is 19.4 Å². The van der Waals surface area contributed by atoms with Gasteiger partial charge < -0.3 is 14.6 Å². The van der Waals surface area contributed by atoms with Crippen molar-refractivity contribution >= 4 is 45.5 Å². The van der Waals surface area contributed by atoms with Crippen LogP contribution in [0.5, 0.6) is 17.2 Å². The van der Waals surface area contributed by atoms with Crippen LogP contribution in [0.2, 0.25) is 0 Å². The fraction of sp³-hybridized carbons (Fsp3) is 0.143. The molecule has 7 heteroatoms. The Morgan fingerprint density at radius 2 is 1.89 bits per heavy atom. The van der Waals surface area contributed by atoms with Crippen molar-refractivity contribution in [3.8, 4) is 17.2 Å². The van der Waals surface area contributed by atoms with Gasteiger partial charge in [-0.3, -0.25) is 4.79 Å². The summed E-state index contributed by atoms with van der Waals surface area (Å²) in [6.45, 7) is 2.27. The van der Waals surface area contributed by atoms with Crippen LogP contribution < -0.4 is 14.9 Å². The summed E-state index contributed by atoms with van der Waals surface area (Å²) >= 11 is 2.01. The zero-order valence-electron chi connectivity index (χ0n) is 15.4. The Morgan fingerprint density at radius 1 is 1.18 bits per heavy atom. The molecule has 2 N–H and O–H groups in total. The number of amides is 1. The number of benzene rings is 3. The van der Waals surface area contributed by atoms with Crippen LogP contribution in [0.1, 0.15) is 22.8 Å². The molecule has 0 saturated carbocycles. The first-order chi connectivity index (χ1) is 13.5. The van der Waals surface area contributed by atoms with Crippen molar-refractivity contribution in [1.82, 2.24) is 5.43 Å². The first-order valence-electron chi connectivity index (χ1n) is 8.59. The van der Waals surface area contributed by atoms with E-state index in [0.717, 1.165) is 10.8 Å². The normalized spacial score (nSPS) is 11.0. The lowest BCUT2D eigenvalue weighted by Gasteiger charge is -2.10. The minimum atomic E-state index is -0.377. The molecule has 3 rings (SSSR count). The lowest BCUT2D eigenvalue weighted by molar-refractivity contribution is 0.0952. The van der Waals surface area contributed by atoms with Gasteiger partial charge in [0.1, 0.15) is 5.75 Å². The van der Waals surface area contributed by atoms with E-state index in [4.69, 9.17) is 9.47 Å². The largest absolute Gasteiger partial charge is 0.504 e. The Morgan fingerprint density at radius 3 is 2.57 bits per heavy atom. The van der Waals surface area contributed by atoms with E-state index in [2.05, 4.69) is 10.5 Å². The van der Waals surface area contributed by atoms with Crippen molar-refractivity contribution in [2.75, 3.05) is 13.7 Å². The summed E-state index contributed by atoms with van der Waals surface area (Å²) in [6.07, 6.45) is 1.50. The number of carbonyl (C=O) groups excluding carboxylic acids is 1. The molecule has 6 nitrogen and oxygen atoms in total. The van der Waals surface area contributed by atoms with Crippen molar-refractivity contribution in [2.24, 2.45) is 5.10 Å². The van der Waals surface area contributed by atoms with E-state index >= 15 is 0 Å². The van der Waals surface area contributed by atoms with E-state index in [0.29, 0.717) is 32.8 Å². The zero-order chi connectivity index (χ0) is 20.1. The van der Waals surface area contributed by atoms with Gasteiger partial charge in [-0.15, -0.1) is 0 Å². The second kappa shape index (κ2) is 8.92. The average molecular weight is 490 g/mol. The first kappa shape index (κ1) is 19.9. The van der Waals surface area contributed by atoms with Crippen molar-refractivity contribution in [3.63, 3.8) is 0 Å². The van der Waals surface area contributed by atoms with Gasteiger partial charge in [0.25, 0.3) is 5.91 Å². The van der Waals surface area contributed by atoms with Crippen LogP contribution in [-0.2, 0) is 0 Å². The van der Waals surface area contributed by atoms with E-state index < -0.39 is 0 Å². The molecular formula is C21H19IN2O4. The minimum Gasteiger partial charge on any atom is -0.504 e. The maximum absolute atomic E-state index is 12.6. The van der Waals surface area contributed by atoms with Crippen LogP contribution in [0.3, 0.4) is 0 Å². The number of nitrogens with zero attached hydrogens (tertiary/aromatic N) is 1. The molecule has 28 heavy (non-hydrogen) atoms. The zero-order valence-corrected chi connectivity index (χ0v) is 17.6. The minimum absolute atomic E-state index is 0.0875. The quantitative estimate of drug-likeness (QED) is 0.307. The Hall–Kier alpha value is -2.81. The number of hydrazone groups is 1. The van der Waals surface area contributed by atoms with Crippen LogP contribution in [-0.4, -0.2) is 30.9 Å². The predicted octanol–water partition coefficient (Wildman–Crippen LogP) is 4.32. The summed E-state index contributed by atoms with van der Waals surface area (Å²) in [5.74, 6) is 0.560. The summed E-state index contributed by atoms with van der Waals surface area (Å²) < 4.78 is 11.4. The Labute approximate surface area is 176 Å². The van der Waals surface area contributed by atoms with E-state index in [1.54, 1.807) is 18.2 Å². The van der Waals surface area contributed by atoms with Gasteiger partial charge in [0.05, 0.1) is 29.1 Å². The van der Waals surface area contributed by atoms with Crippen molar-refractivity contribution in [1.29, 1.82) is 0 Å². The molecule has 0 spiro atoms. The number of ether oxygens (including phenoxy) is 2. The molecule has 0 aromatic heterocycles. The monoisotopic (exact) mass is 490 g/mol. The summed E-state index contributed by atoms with van der Waals surface area (Å²) in [4.78, 5) is 12.6. The van der Waals surface area contributed by atoms with Crippen molar-refractivity contribution in [3.05, 3.63) is 63.2 Å².